The number of hydrogen-bond donors (Lipinski definition) is 1. The van der Waals surface area contributed by atoms with E-state index in [1.807, 2.05) is 48.2 Å². The van der Waals surface area contributed by atoms with Crippen molar-refractivity contribution in [2.45, 2.75) is 13.5 Å². The van der Waals surface area contributed by atoms with E-state index in [-0.39, 0.29) is 11.0 Å². The molecule has 0 aliphatic rings. The van der Waals surface area contributed by atoms with E-state index in [0.717, 1.165) is 11.4 Å². The van der Waals surface area contributed by atoms with Crippen molar-refractivity contribution < 1.29 is 5.11 Å². The molecule has 0 unspecified atom stereocenters. The lowest BCUT2D eigenvalue weighted by Crippen LogP contribution is -2.19. The maximum Gasteiger partial charge on any atom is 0.224 e. The van der Waals surface area contributed by atoms with Crippen LogP contribution in [0.15, 0.2) is 54.7 Å². The minimum absolute atomic E-state index is 0.163. The summed E-state index contributed by atoms with van der Waals surface area (Å²) in [6, 6.07) is 14.6. The topological polar surface area (TPSA) is 62.1 Å². The Bertz CT molecular complexity index is 790. The van der Waals surface area contributed by atoms with Gasteiger partial charge >= 0.3 is 0 Å². The minimum atomic E-state index is 0.163. The average Bonchev–Trinajstić information content (AvgIpc) is 2.53. The molecule has 3 rings (SSSR count). The zero-order chi connectivity index (χ0) is 16.2. The van der Waals surface area contributed by atoms with Crippen molar-refractivity contribution in [1.29, 1.82) is 0 Å². The molecular weight excluding hydrogens is 312 g/mol. The van der Waals surface area contributed by atoms with Crippen LogP contribution in [0, 0.1) is 6.92 Å². The van der Waals surface area contributed by atoms with Gasteiger partial charge in [0.25, 0.3) is 0 Å². The van der Waals surface area contributed by atoms with E-state index in [1.54, 1.807) is 18.3 Å². The molecule has 5 nitrogen and oxygen atoms in total. The first kappa shape index (κ1) is 15.2. The monoisotopic (exact) mass is 326 g/mol. The fraction of sp³-hybridized carbons (Fsp3) is 0.118. The number of hydrogen-bond acceptors (Lipinski definition) is 5. The van der Waals surface area contributed by atoms with E-state index in [2.05, 4.69) is 15.0 Å². The van der Waals surface area contributed by atoms with Gasteiger partial charge in [0.05, 0.1) is 17.9 Å². The molecule has 2 aromatic heterocycles. The molecule has 0 fully saturated rings. The zero-order valence-corrected chi connectivity index (χ0v) is 13.3. The van der Waals surface area contributed by atoms with Crippen LogP contribution in [0.25, 0.3) is 0 Å². The molecule has 0 atom stereocenters. The van der Waals surface area contributed by atoms with Gasteiger partial charge in [-0.1, -0.05) is 18.2 Å². The molecule has 116 valence electrons. The smallest absolute Gasteiger partial charge is 0.224 e. The van der Waals surface area contributed by atoms with Gasteiger partial charge in [0, 0.05) is 18.0 Å². The van der Waals surface area contributed by atoms with Crippen molar-refractivity contribution in [3.63, 3.8) is 0 Å². The average molecular weight is 327 g/mol. The molecule has 1 N–H and O–H groups in total. The third-order valence-corrected chi connectivity index (χ3v) is 3.48. The quantitative estimate of drug-likeness (QED) is 0.737. The maximum atomic E-state index is 10.2. The molecule has 1 aromatic carbocycles. The lowest BCUT2D eigenvalue weighted by molar-refractivity contribution is 0.475. The van der Waals surface area contributed by atoms with E-state index in [0.29, 0.717) is 18.1 Å². The van der Waals surface area contributed by atoms with E-state index < -0.39 is 0 Å². The molecule has 0 bridgehead atoms. The van der Waals surface area contributed by atoms with Crippen LogP contribution in [-0.4, -0.2) is 20.1 Å². The molecule has 6 heteroatoms. The number of halogens is 1. The predicted molar refractivity (Wildman–Crippen MR) is 90.0 cm³/mol. The molecule has 2 heterocycles. The highest BCUT2D eigenvalue weighted by Gasteiger charge is 2.16. The van der Waals surface area contributed by atoms with Gasteiger partial charge in [-0.25, -0.2) is 9.97 Å². The summed E-state index contributed by atoms with van der Waals surface area (Å²) in [6.07, 6.45) is 1.73. The summed E-state index contributed by atoms with van der Waals surface area (Å²) < 4.78 is 0. The molecular formula is C17H15ClN4O. The number of nitrogens with zero attached hydrogens (tertiary/aromatic N) is 4. The third-order valence-electron chi connectivity index (χ3n) is 3.31. The van der Waals surface area contributed by atoms with E-state index in [9.17, 15) is 5.11 Å². The van der Waals surface area contributed by atoms with Crippen LogP contribution in [0.1, 0.15) is 11.4 Å². The lowest BCUT2D eigenvalue weighted by Gasteiger charge is -2.24. The van der Waals surface area contributed by atoms with Crippen molar-refractivity contribution in [2.75, 3.05) is 4.90 Å². The Morgan fingerprint density at radius 3 is 2.57 bits per heavy atom. The second kappa shape index (κ2) is 6.62. The van der Waals surface area contributed by atoms with Crippen LogP contribution >= 0.6 is 11.6 Å². The number of aromatic hydroxyl groups is 1. The number of aromatic nitrogens is 3. The Hall–Kier alpha value is -2.66. The molecule has 0 saturated carbocycles. The number of para-hydroxylation sites is 2. The van der Waals surface area contributed by atoms with Gasteiger partial charge in [0.2, 0.25) is 5.28 Å². The summed E-state index contributed by atoms with van der Waals surface area (Å²) in [5.74, 6) is 0.769. The normalized spacial score (nSPS) is 10.5. The van der Waals surface area contributed by atoms with Gasteiger partial charge in [0.15, 0.2) is 0 Å². The number of pyridine rings is 1. The fourth-order valence-electron chi connectivity index (χ4n) is 2.29. The lowest BCUT2D eigenvalue weighted by atomic mass is 10.2. The molecule has 0 saturated heterocycles. The van der Waals surface area contributed by atoms with Crippen molar-refractivity contribution in [3.8, 4) is 5.75 Å². The largest absolute Gasteiger partial charge is 0.506 e. The minimum Gasteiger partial charge on any atom is -0.506 e. The zero-order valence-electron chi connectivity index (χ0n) is 12.5. The molecule has 0 radical (unpaired) electrons. The molecule has 0 spiro atoms. The second-order valence-electron chi connectivity index (χ2n) is 5.03. The SMILES string of the molecule is Cc1cc(N(Cc2ccccn2)c2ccccc2O)nc(Cl)n1. The Labute approximate surface area is 139 Å². The fourth-order valence-corrected chi connectivity index (χ4v) is 2.51. The number of rotatable bonds is 4. The van der Waals surface area contributed by atoms with Crippen molar-refractivity contribution in [1.82, 2.24) is 15.0 Å². The number of benzene rings is 1. The van der Waals surface area contributed by atoms with Gasteiger partial charge in [-0.15, -0.1) is 0 Å². The van der Waals surface area contributed by atoms with Crippen LogP contribution in [0.5, 0.6) is 5.75 Å². The first-order valence-electron chi connectivity index (χ1n) is 7.10. The Morgan fingerprint density at radius 2 is 1.87 bits per heavy atom. The number of phenolic OH excluding ortho intramolecular Hbond substituents is 1. The van der Waals surface area contributed by atoms with Crippen LogP contribution in [0.4, 0.5) is 11.5 Å². The van der Waals surface area contributed by atoms with Gasteiger partial charge in [-0.05, 0) is 42.8 Å². The maximum absolute atomic E-state index is 10.2. The number of aryl methyl sites for hydroxylation is 1. The summed E-state index contributed by atoms with van der Waals surface area (Å²) in [5.41, 5.74) is 2.23. The van der Waals surface area contributed by atoms with E-state index in [4.69, 9.17) is 11.6 Å². The Morgan fingerprint density at radius 1 is 1.09 bits per heavy atom. The highest BCUT2D eigenvalue weighted by molar-refractivity contribution is 6.28. The van der Waals surface area contributed by atoms with Crippen LogP contribution in [0.2, 0.25) is 5.28 Å². The summed E-state index contributed by atoms with van der Waals surface area (Å²) in [5, 5.41) is 10.4. The second-order valence-corrected chi connectivity index (χ2v) is 5.37. The number of anilines is 2. The molecule has 0 aliphatic heterocycles. The first-order valence-corrected chi connectivity index (χ1v) is 7.48. The third kappa shape index (κ3) is 3.57. The van der Waals surface area contributed by atoms with Crippen LogP contribution < -0.4 is 4.90 Å². The Kier molecular flexibility index (Phi) is 4.39. The highest BCUT2D eigenvalue weighted by atomic mass is 35.5. The van der Waals surface area contributed by atoms with Gasteiger partial charge in [-0.3, -0.25) is 4.98 Å². The van der Waals surface area contributed by atoms with Crippen molar-refractivity contribution in [2.24, 2.45) is 0 Å². The predicted octanol–water partition coefficient (Wildman–Crippen LogP) is 3.88. The van der Waals surface area contributed by atoms with E-state index >= 15 is 0 Å². The molecule has 0 aliphatic carbocycles. The van der Waals surface area contributed by atoms with Crippen molar-refractivity contribution in [3.05, 3.63) is 71.4 Å². The molecule has 0 amide bonds. The van der Waals surface area contributed by atoms with Gasteiger partial charge < -0.3 is 10.0 Å². The van der Waals surface area contributed by atoms with Crippen LogP contribution in [0.3, 0.4) is 0 Å². The summed E-state index contributed by atoms with van der Waals surface area (Å²) >= 11 is 6.00. The summed E-state index contributed by atoms with van der Waals surface area (Å²) in [4.78, 5) is 14.6. The molecule has 23 heavy (non-hydrogen) atoms. The number of phenols is 1. The summed E-state index contributed by atoms with van der Waals surface area (Å²) in [7, 11) is 0. The van der Waals surface area contributed by atoms with Crippen molar-refractivity contribution >= 4 is 23.1 Å². The first-order chi connectivity index (χ1) is 11.1. The molecule has 3 aromatic rings. The highest BCUT2D eigenvalue weighted by Crippen LogP contribution is 2.33. The standard InChI is InChI=1S/C17H15ClN4O/c1-12-10-16(21-17(18)20-12)22(11-13-6-4-5-9-19-13)14-7-2-3-8-15(14)23/h2-10,23H,11H2,1H3. The van der Waals surface area contributed by atoms with Gasteiger partial charge in [0.1, 0.15) is 11.6 Å². The van der Waals surface area contributed by atoms with Gasteiger partial charge in [-0.2, -0.15) is 0 Å². The Balaban J connectivity index is 2.08. The van der Waals surface area contributed by atoms with Crippen LogP contribution in [-0.2, 0) is 6.54 Å². The summed E-state index contributed by atoms with van der Waals surface area (Å²) in [6.45, 7) is 2.30. The van der Waals surface area contributed by atoms with E-state index in [1.165, 1.54) is 0 Å².